The molecule has 1 saturated heterocycles. The van der Waals surface area contributed by atoms with Gasteiger partial charge in [-0.2, -0.15) is 4.31 Å². The van der Waals surface area contributed by atoms with Crippen LogP contribution >= 0.6 is 22.9 Å². The molecule has 0 saturated carbocycles. The average Bonchev–Trinajstić information content (AvgIpc) is 3.14. The zero-order chi connectivity index (χ0) is 19.1. The van der Waals surface area contributed by atoms with Gasteiger partial charge in [0.05, 0.1) is 0 Å². The van der Waals surface area contributed by atoms with Crippen LogP contribution in [0.15, 0.2) is 34.5 Å². The SMILES string of the molecule is CN1CC(CN(C)S(=O)(=O)c2ccc(-c3cc(F)cc(Cl)c3)s2)CC1=O. The number of sulfonamides is 1. The number of rotatable bonds is 5. The summed E-state index contributed by atoms with van der Waals surface area (Å²) in [6.07, 6.45) is 0.355. The third kappa shape index (κ3) is 3.93. The van der Waals surface area contributed by atoms with Crippen molar-refractivity contribution in [1.29, 1.82) is 0 Å². The third-order valence-electron chi connectivity index (χ3n) is 4.33. The number of benzene rings is 1. The van der Waals surface area contributed by atoms with Gasteiger partial charge in [0, 0.05) is 43.5 Å². The second kappa shape index (κ2) is 7.26. The van der Waals surface area contributed by atoms with E-state index in [1.165, 1.54) is 29.6 Å². The Balaban J connectivity index is 1.79. The second-order valence-corrected chi connectivity index (χ2v) is 10.2. The first-order valence-electron chi connectivity index (χ1n) is 7.93. The number of likely N-dealkylation sites (tertiary alicyclic amines) is 1. The molecule has 1 atom stereocenters. The molecule has 1 aliphatic rings. The maximum atomic E-state index is 13.5. The molecule has 1 aromatic carbocycles. The number of nitrogens with zero attached hydrogens (tertiary/aromatic N) is 2. The van der Waals surface area contributed by atoms with Gasteiger partial charge in [-0.1, -0.05) is 11.6 Å². The van der Waals surface area contributed by atoms with Crippen LogP contribution in [-0.2, 0) is 14.8 Å². The Bertz CT molecular complexity index is 925. The fourth-order valence-electron chi connectivity index (χ4n) is 3.00. The van der Waals surface area contributed by atoms with E-state index in [-0.39, 0.29) is 27.6 Å². The maximum Gasteiger partial charge on any atom is 0.252 e. The number of carbonyl (C=O) groups is 1. The molecule has 0 radical (unpaired) electrons. The monoisotopic (exact) mass is 416 g/mol. The number of amides is 1. The van der Waals surface area contributed by atoms with Crippen LogP contribution in [0, 0.1) is 11.7 Å². The predicted octanol–water partition coefficient (Wildman–Crippen LogP) is 3.31. The van der Waals surface area contributed by atoms with Crippen molar-refractivity contribution in [3.63, 3.8) is 0 Å². The molecule has 0 aliphatic carbocycles. The van der Waals surface area contributed by atoms with Gasteiger partial charge in [-0.15, -0.1) is 11.3 Å². The minimum atomic E-state index is -3.67. The Hall–Kier alpha value is -1.48. The lowest BCUT2D eigenvalue weighted by molar-refractivity contribution is -0.126. The van der Waals surface area contributed by atoms with Gasteiger partial charge in [-0.05, 0) is 41.8 Å². The number of hydrogen-bond acceptors (Lipinski definition) is 4. The minimum absolute atomic E-state index is 0.0197. The fourth-order valence-corrected chi connectivity index (χ4v) is 5.98. The Labute approximate surface area is 161 Å². The number of carbonyl (C=O) groups excluding carboxylic acids is 1. The molecule has 2 aromatic rings. The molecule has 1 aliphatic heterocycles. The van der Waals surface area contributed by atoms with Gasteiger partial charge in [-0.3, -0.25) is 4.79 Å². The first-order valence-corrected chi connectivity index (χ1v) is 10.6. The van der Waals surface area contributed by atoms with Crippen LogP contribution in [-0.4, -0.2) is 50.7 Å². The van der Waals surface area contributed by atoms with E-state index in [0.717, 1.165) is 11.3 Å². The van der Waals surface area contributed by atoms with E-state index in [4.69, 9.17) is 11.6 Å². The molecule has 9 heteroatoms. The molecule has 3 rings (SSSR count). The average molecular weight is 417 g/mol. The number of hydrogen-bond donors (Lipinski definition) is 0. The summed E-state index contributed by atoms with van der Waals surface area (Å²) in [6, 6.07) is 7.26. The largest absolute Gasteiger partial charge is 0.345 e. The second-order valence-electron chi connectivity index (χ2n) is 6.41. The van der Waals surface area contributed by atoms with Crippen molar-refractivity contribution in [3.05, 3.63) is 41.2 Å². The zero-order valence-corrected chi connectivity index (χ0v) is 16.7. The summed E-state index contributed by atoms with van der Waals surface area (Å²) in [5.74, 6) is -0.464. The highest BCUT2D eigenvalue weighted by atomic mass is 35.5. The summed E-state index contributed by atoms with van der Waals surface area (Å²) in [6.45, 7) is 0.827. The highest BCUT2D eigenvalue weighted by molar-refractivity contribution is 7.91. The molecule has 5 nitrogen and oxygen atoms in total. The maximum absolute atomic E-state index is 13.5. The van der Waals surface area contributed by atoms with E-state index in [1.54, 1.807) is 24.1 Å². The zero-order valence-electron chi connectivity index (χ0n) is 14.3. The molecule has 1 fully saturated rings. The lowest BCUT2D eigenvalue weighted by Gasteiger charge is -2.19. The Morgan fingerprint density at radius 2 is 2.08 bits per heavy atom. The Morgan fingerprint density at radius 1 is 1.35 bits per heavy atom. The smallest absolute Gasteiger partial charge is 0.252 e. The van der Waals surface area contributed by atoms with Gasteiger partial charge in [0.15, 0.2) is 0 Å². The molecule has 26 heavy (non-hydrogen) atoms. The summed E-state index contributed by atoms with van der Waals surface area (Å²) in [7, 11) is -0.448. The number of halogens is 2. The fraction of sp³-hybridized carbons (Fsp3) is 0.353. The van der Waals surface area contributed by atoms with E-state index in [9.17, 15) is 17.6 Å². The van der Waals surface area contributed by atoms with Crippen LogP contribution < -0.4 is 0 Å². The minimum Gasteiger partial charge on any atom is -0.345 e. The van der Waals surface area contributed by atoms with Crippen molar-refractivity contribution < 1.29 is 17.6 Å². The summed E-state index contributed by atoms with van der Waals surface area (Å²) >= 11 is 6.94. The normalized spacial score (nSPS) is 18.1. The molecular formula is C17H18ClFN2O3S2. The van der Waals surface area contributed by atoms with Crippen LogP contribution in [0.2, 0.25) is 5.02 Å². The van der Waals surface area contributed by atoms with Crippen LogP contribution in [0.25, 0.3) is 10.4 Å². The lowest BCUT2D eigenvalue weighted by Crippen LogP contribution is -2.32. The van der Waals surface area contributed by atoms with Crippen molar-refractivity contribution >= 4 is 38.9 Å². The van der Waals surface area contributed by atoms with Crippen LogP contribution in [0.1, 0.15) is 6.42 Å². The molecular weight excluding hydrogens is 399 g/mol. The number of thiophene rings is 1. The van der Waals surface area contributed by atoms with Crippen molar-refractivity contribution in [2.24, 2.45) is 5.92 Å². The highest BCUT2D eigenvalue weighted by Gasteiger charge is 2.31. The van der Waals surface area contributed by atoms with Gasteiger partial charge in [0.1, 0.15) is 10.0 Å². The first-order chi connectivity index (χ1) is 12.2. The van der Waals surface area contributed by atoms with Gasteiger partial charge >= 0.3 is 0 Å². The molecule has 1 amide bonds. The molecule has 1 aromatic heterocycles. The quantitative estimate of drug-likeness (QED) is 0.751. The Morgan fingerprint density at radius 3 is 2.69 bits per heavy atom. The van der Waals surface area contributed by atoms with Crippen LogP contribution in [0.3, 0.4) is 0 Å². The van der Waals surface area contributed by atoms with E-state index >= 15 is 0 Å². The van der Waals surface area contributed by atoms with Crippen LogP contribution in [0.4, 0.5) is 4.39 Å². The van der Waals surface area contributed by atoms with Gasteiger partial charge in [0.25, 0.3) is 10.0 Å². The molecule has 1 unspecified atom stereocenters. The standard InChI is InChI=1S/C17H18ClFN2O3S2/c1-20-9-11(5-16(20)22)10-21(2)26(23,24)17-4-3-15(25-17)12-6-13(18)8-14(19)7-12/h3-4,6-8,11H,5,9-10H2,1-2H3. The van der Waals surface area contributed by atoms with E-state index in [0.29, 0.717) is 23.4 Å². The molecule has 140 valence electrons. The molecule has 0 bridgehead atoms. The van der Waals surface area contributed by atoms with Crippen LogP contribution in [0.5, 0.6) is 0 Å². The molecule has 2 heterocycles. The summed E-state index contributed by atoms with van der Waals surface area (Å²) in [5, 5.41) is 0.255. The van der Waals surface area contributed by atoms with Gasteiger partial charge in [0.2, 0.25) is 5.91 Å². The van der Waals surface area contributed by atoms with Gasteiger partial charge in [-0.25, -0.2) is 12.8 Å². The summed E-state index contributed by atoms with van der Waals surface area (Å²) in [5.41, 5.74) is 0.534. The summed E-state index contributed by atoms with van der Waals surface area (Å²) in [4.78, 5) is 13.9. The molecule has 0 spiro atoms. The van der Waals surface area contributed by atoms with Crippen molar-refractivity contribution in [3.8, 4) is 10.4 Å². The van der Waals surface area contributed by atoms with Gasteiger partial charge < -0.3 is 4.90 Å². The van der Waals surface area contributed by atoms with Crippen molar-refractivity contribution in [1.82, 2.24) is 9.21 Å². The van der Waals surface area contributed by atoms with E-state index in [2.05, 4.69) is 0 Å². The third-order valence-corrected chi connectivity index (χ3v) is 7.97. The summed E-state index contributed by atoms with van der Waals surface area (Å²) < 4.78 is 40.6. The first kappa shape index (κ1) is 19.3. The lowest BCUT2D eigenvalue weighted by atomic mass is 10.1. The van der Waals surface area contributed by atoms with E-state index in [1.807, 2.05) is 0 Å². The topological polar surface area (TPSA) is 57.7 Å². The highest BCUT2D eigenvalue weighted by Crippen LogP contribution is 2.34. The predicted molar refractivity (Wildman–Crippen MR) is 100 cm³/mol. The molecule has 0 N–H and O–H groups in total. The van der Waals surface area contributed by atoms with E-state index < -0.39 is 15.8 Å². The van der Waals surface area contributed by atoms with Crippen molar-refractivity contribution in [2.75, 3.05) is 27.2 Å². The Kier molecular flexibility index (Phi) is 5.39. The van der Waals surface area contributed by atoms with Crippen molar-refractivity contribution in [2.45, 2.75) is 10.6 Å².